The summed E-state index contributed by atoms with van der Waals surface area (Å²) >= 11 is 1.29. The van der Waals surface area contributed by atoms with Gasteiger partial charge in [-0.15, -0.1) is 11.8 Å². The summed E-state index contributed by atoms with van der Waals surface area (Å²) in [5.74, 6) is 0.957. The molecule has 0 saturated carbocycles. The number of amides is 1. The number of carbonyl (C=O) groups excluding carboxylic acids is 1. The van der Waals surface area contributed by atoms with Crippen molar-refractivity contribution < 1.29 is 9.53 Å². The van der Waals surface area contributed by atoms with Crippen molar-refractivity contribution in [2.24, 2.45) is 20.0 Å². The minimum atomic E-state index is -0.435. The number of carbonyl (C=O) groups is 1. The molecule has 31 heavy (non-hydrogen) atoms. The van der Waals surface area contributed by atoms with Crippen molar-refractivity contribution in [1.82, 2.24) is 14.1 Å². The average Bonchev–Trinajstić information content (AvgIpc) is 2.75. The summed E-state index contributed by atoms with van der Waals surface area (Å²) in [4.78, 5) is 42.9. The van der Waals surface area contributed by atoms with Crippen LogP contribution in [0.4, 0.5) is 5.69 Å². The summed E-state index contributed by atoms with van der Waals surface area (Å²) in [5, 5.41) is 3.21. The van der Waals surface area contributed by atoms with Gasteiger partial charge in [0.05, 0.1) is 18.2 Å². The number of thioether (sulfide) groups is 1. The second-order valence-electron chi connectivity index (χ2n) is 7.68. The third-order valence-corrected chi connectivity index (χ3v) is 6.01. The standard InChI is InChI=1S/C22H26N4O4S/c1-13(2)10-14-11-23-20-18(21(28)26(4)22(29)25(20)3)19(14)31-12-17(27)24-15-6-8-16(30-5)9-7-15/h6-9,11,13H,10,12H2,1-5H3,(H,24,27). The SMILES string of the molecule is COc1ccc(NC(=O)CSc2c(CC(C)C)cnc3c2c(=O)n(C)c(=O)n3C)cc1. The van der Waals surface area contributed by atoms with Gasteiger partial charge in [0.15, 0.2) is 0 Å². The molecule has 0 radical (unpaired) electrons. The molecule has 3 rings (SSSR count). The number of benzene rings is 1. The van der Waals surface area contributed by atoms with Gasteiger partial charge in [-0.25, -0.2) is 9.78 Å². The van der Waals surface area contributed by atoms with Gasteiger partial charge in [-0.2, -0.15) is 0 Å². The lowest BCUT2D eigenvalue weighted by Crippen LogP contribution is -2.37. The molecule has 1 N–H and O–H groups in total. The van der Waals surface area contributed by atoms with E-state index in [-0.39, 0.29) is 11.7 Å². The van der Waals surface area contributed by atoms with Crippen LogP contribution in [-0.2, 0) is 25.3 Å². The second-order valence-corrected chi connectivity index (χ2v) is 8.67. The smallest absolute Gasteiger partial charge is 0.332 e. The first-order valence-corrected chi connectivity index (χ1v) is 10.9. The summed E-state index contributed by atoms with van der Waals surface area (Å²) in [6.45, 7) is 4.15. The summed E-state index contributed by atoms with van der Waals surface area (Å²) in [6.07, 6.45) is 2.41. The zero-order valence-corrected chi connectivity index (χ0v) is 19.1. The molecule has 1 aromatic carbocycles. The van der Waals surface area contributed by atoms with Crippen LogP contribution in [0, 0.1) is 5.92 Å². The van der Waals surface area contributed by atoms with E-state index in [1.807, 2.05) is 0 Å². The predicted molar refractivity (Wildman–Crippen MR) is 123 cm³/mol. The fourth-order valence-electron chi connectivity index (χ4n) is 3.30. The lowest BCUT2D eigenvalue weighted by atomic mass is 10.0. The molecular formula is C22H26N4O4S. The number of methoxy groups -OCH3 is 1. The summed E-state index contributed by atoms with van der Waals surface area (Å²) in [7, 11) is 4.62. The Kier molecular flexibility index (Phi) is 6.84. The molecule has 164 valence electrons. The van der Waals surface area contributed by atoms with Crippen molar-refractivity contribution in [1.29, 1.82) is 0 Å². The van der Waals surface area contributed by atoms with Gasteiger partial charge >= 0.3 is 5.69 Å². The molecule has 3 aromatic rings. The molecule has 0 saturated heterocycles. The highest BCUT2D eigenvalue weighted by atomic mass is 32.2. The van der Waals surface area contributed by atoms with Crippen LogP contribution < -0.4 is 21.3 Å². The van der Waals surface area contributed by atoms with Gasteiger partial charge < -0.3 is 10.1 Å². The third kappa shape index (κ3) is 4.82. The van der Waals surface area contributed by atoms with Crippen LogP contribution in [0.5, 0.6) is 5.75 Å². The highest BCUT2D eigenvalue weighted by molar-refractivity contribution is 8.00. The minimum Gasteiger partial charge on any atom is -0.497 e. The molecule has 9 heteroatoms. The first kappa shape index (κ1) is 22.6. The van der Waals surface area contributed by atoms with E-state index in [1.54, 1.807) is 44.6 Å². The maximum absolute atomic E-state index is 12.9. The predicted octanol–water partition coefficient (Wildman–Crippen LogP) is 2.57. The number of aryl methyl sites for hydroxylation is 1. The normalized spacial score (nSPS) is 11.2. The molecule has 0 atom stereocenters. The number of hydrogen-bond donors (Lipinski definition) is 1. The molecule has 0 unspecified atom stereocenters. The molecule has 0 bridgehead atoms. The quantitative estimate of drug-likeness (QED) is 0.565. The van der Waals surface area contributed by atoms with Crippen LogP contribution in [0.25, 0.3) is 11.0 Å². The van der Waals surface area contributed by atoms with Crippen LogP contribution >= 0.6 is 11.8 Å². The molecule has 0 aliphatic rings. The molecule has 2 aromatic heterocycles. The molecule has 2 heterocycles. The largest absolute Gasteiger partial charge is 0.497 e. The second kappa shape index (κ2) is 9.38. The number of rotatable bonds is 7. The van der Waals surface area contributed by atoms with E-state index in [1.165, 1.54) is 23.4 Å². The van der Waals surface area contributed by atoms with Crippen LogP contribution in [-0.4, -0.2) is 32.9 Å². The number of ether oxygens (including phenoxy) is 1. The number of aromatic nitrogens is 3. The fourth-order valence-corrected chi connectivity index (χ4v) is 4.29. The van der Waals surface area contributed by atoms with Crippen molar-refractivity contribution >= 4 is 34.4 Å². The third-order valence-electron chi connectivity index (χ3n) is 4.84. The van der Waals surface area contributed by atoms with E-state index in [0.29, 0.717) is 39.7 Å². The summed E-state index contributed by atoms with van der Waals surface area (Å²) in [6, 6.07) is 7.06. The molecular weight excluding hydrogens is 416 g/mol. The highest BCUT2D eigenvalue weighted by Gasteiger charge is 2.19. The Labute approximate surface area is 184 Å². The summed E-state index contributed by atoms with van der Waals surface area (Å²) < 4.78 is 7.56. The average molecular weight is 443 g/mol. The van der Waals surface area contributed by atoms with E-state index < -0.39 is 11.2 Å². The Morgan fingerprint density at radius 1 is 1.16 bits per heavy atom. The number of nitrogens with one attached hydrogen (secondary N) is 1. The van der Waals surface area contributed by atoms with Crippen molar-refractivity contribution in [3.05, 3.63) is 56.9 Å². The number of nitrogens with zero attached hydrogens (tertiary/aromatic N) is 3. The minimum absolute atomic E-state index is 0.113. The number of fused-ring (bicyclic) bond motifs is 1. The lowest BCUT2D eigenvalue weighted by Gasteiger charge is -2.15. The molecule has 0 fully saturated rings. The van der Waals surface area contributed by atoms with Crippen LogP contribution in [0.15, 0.2) is 44.9 Å². The molecule has 0 spiro atoms. The van der Waals surface area contributed by atoms with E-state index in [2.05, 4.69) is 24.1 Å². The summed E-state index contributed by atoms with van der Waals surface area (Å²) in [5.41, 5.74) is 1.02. The van der Waals surface area contributed by atoms with Crippen molar-refractivity contribution in [3.63, 3.8) is 0 Å². The Bertz CT molecular complexity index is 1230. The number of pyridine rings is 1. The van der Waals surface area contributed by atoms with Crippen molar-refractivity contribution in [3.8, 4) is 5.75 Å². The fraction of sp³-hybridized carbons (Fsp3) is 0.364. The van der Waals surface area contributed by atoms with E-state index in [0.717, 1.165) is 10.1 Å². The first-order valence-electron chi connectivity index (χ1n) is 9.87. The van der Waals surface area contributed by atoms with E-state index in [4.69, 9.17) is 4.74 Å². The van der Waals surface area contributed by atoms with Crippen LogP contribution in [0.1, 0.15) is 19.4 Å². The Morgan fingerprint density at radius 3 is 2.45 bits per heavy atom. The van der Waals surface area contributed by atoms with Crippen LogP contribution in [0.3, 0.4) is 0 Å². The lowest BCUT2D eigenvalue weighted by molar-refractivity contribution is -0.113. The van der Waals surface area contributed by atoms with Gasteiger partial charge in [0.1, 0.15) is 11.4 Å². The molecule has 8 nitrogen and oxygen atoms in total. The van der Waals surface area contributed by atoms with Gasteiger partial charge in [0.25, 0.3) is 5.56 Å². The van der Waals surface area contributed by atoms with E-state index in [9.17, 15) is 14.4 Å². The van der Waals surface area contributed by atoms with Gasteiger partial charge in [0.2, 0.25) is 5.91 Å². The molecule has 0 aliphatic carbocycles. The highest BCUT2D eigenvalue weighted by Crippen LogP contribution is 2.30. The van der Waals surface area contributed by atoms with Crippen molar-refractivity contribution in [2.75, 3.05) is 18.2 Å². The monoisotopic (exact) mass is 442 g/mol. The van der Waals surface area contributed by atoms with Gasteiger partial charge in [-0.1, -0.05) is 13.8 Å². The molecule has 0 aliphatic heterocycles. The van der Waals surface area contributed by atoms with Gasteiger partial charge in [-0.05, 0) is 42.2 Å². The van der Waals surface area contributed by atoms with Crippen molar-refractivity contribution in [2.45, 2.75) is 25.2 Å². The maximum atomic E-state index is 12.9. The zero-order valence-electron chi connectivity index (χ0n) is 18.3. The Hall–Kier alpha value is -3.07. The zero-order chi connectivity index (χ0) is 22.7. The molecule has 1 amide bonds. The Balaban J connectivity index is 1.95. The Morgan fingerprint density at radius 2 is 1.84 bits per heavy atom. The van der Waals surface area contributed by atoms with Gasteiger partial charge in [0, 0.05) is 30.9 Å². The van der Waals surface area contributed by atoms with Crippen LogP contribution in [0.2, 0.25) is 0 Å². The maximum Gasteiger partial charge on any atom is 0.332 e. The topological polar surface area (TPSA) is 95.2 Å². The number of hydrogen-bond acceptors (Lipinski definition) is 6. The number of anilines is 1. The van der Waals surface area contributed by atoms with E-state index >= 15 is 0 Å². The first-order chi connectivity index (χ1) is 14.7. The van der Waals surface area contributed by atoms with Gasteiger partial charge in [-0.3, -0.25) is 18.7 Å².